The van der Waals surface area contributed by atoms with E-state index >= 15 is 0 Å². The van der Waals surface area contributed by atoms with Crippen LogP contribution in [-0.2, 0) is 33.3 Å². The van der Waals surface area contributed by atoms with E-state index in [9.17, 15) is 9.59 Å². The third-order valence-corrected chi connectivity index (χ3v) is 9.80. The van der Waals surface area contributed by atoms with Crippen molar-refractivity contribution in [2.45, 2.75) is 214 Å². The minimum Gasteiger partial charge on any atom is -0.463 e. The Kier molecular flexibility index (Phi) is 41.6. The van der Waals surface area contributed by atoms with Gasteiger partial charge in [0.05, 0.1) is 39.6 Å². The first-order chi connectivity index (χ1) is 25.4. The van der Waals surface area contributed by atoms with E-state index in [4.69, 9.17) is 23.7 Å². The second-order valence-corrected chi connectivity index (χ2v) is 16.0. The Morgan fingerprint density at radius 2 is 0.519 bits per heavy atom. The van der Waals surface area contributed by atoms with Crippen molar-refractivity contribution in [1.29, 1.82) is 0 Å². The Labute approximate surface area is 323 Å². The van der Waals surface area contributed by atoms with Crippen molar-refractivity contribution in [2.75, 3.05) is 52.9 Å². The summed E-state index contributed by atoms with van der Waals surface area (Å²) < 4.78 is 27.0. The molecule has 0 heterocycles. The number of hydrogen-bond donors (Lipinski definition) is 0. The number of ether oxygens (including phenoxy) is 5. The molecule has 0 saturated heterocycles. The second kappa shape index (κ2) is 42.6. The maximum absolute atomic E-state index is 11.9. The monoisotopic (exact) mass is 741 g/mol. The lowest BCUT2D eigenvalue weighted by atomic mass is 10.0. The molecule has 310 valence electrons. The van der Waals surface area contributed by atoms with Gasteiger partial charge >= 0.3 is 11.9 Å². The number of hydrogen-bond acceptors (Lipinski definition) is 7. The number of unbranched alkanes of at least 4 members (excludes halogenated alkanes) is 23. The van der Waals surface area contributed by atoms with Gasteiger partial charge < -0.3 is 23.7 Å². The van der Waals surface area contributed by atoms with Crippen LogP contribution in [0.1, 0.15) is 214 Å². The van der Waals surface area contributed by atoms with Crippen molar-refractivity contribution in [1.82, 2.24) is 0 Å². The molecule has 0 fully saturated rings. The molecule has 0 bridgehead atoms. The van der Waals surface area contributed by atoms with Crippen molar-refractivity contribution in [3.8, 4) is 0 Å². The van der Waals surface area contributed by atoms with E-state index in [0.29, 0.717) is 52.5 Å². The molecule has 0 atom stereocenters. The summed E-state index contributed by atoms with van der Waals surface area (Å²) >= 11 is 0. The van der Waals surface area contributed by atoms with Gasteiger partial charge in [0.2, 0.25) is 0 Å². The third-order valence-electron chi connectivity index (χ3n) is 9.80. The molecule has 0 N–H and O–H groups in total. The molecule has 0 radical (unpaired) electrons. The highest BCUT2D eigenvalue weighted by Gasteiger charge is 2.04. The fourth-order valence-electron chi connectivity index (χ4n) is 6.47. The van der Waals surface area contributed by atoms with Crippen LogP contribution in [0.25, 0.3) is 0 Å². The van der Waals surface area contributed by atoms with Crippen LogP contribution in [0.5, 0.6) is 0 Å². The summed E-state index contributed by atoms with van der Waals surface area (Å²) in [7, 11) is 0. The van der Waals surface area contributed by atoms with Gasteiger partial charge in [0.25, 0.3) is 0 Å². The van der Waals surface area contributed by atoms with Crippen LogP contribution < -0.4 is 0 Å². The highest BCUT2D eigenvalue weighted by Crippen LogP contribution is 2.16. The van der Waals surface area contributed by atoms with E-state index in [1.807, 2.05) is 0 Å². The van der Waals surface area contributed by atoms with Crippen LogP contribution in [0.4, 0.5) is 0 Å². The summed E-state index contributed by atoms with van der Waals surface area (Å²) in [4.78, 5) is 23.8. The van der Waals surface area contributed by atoms with Gasteiger partial charge in [0.15, 0.2) is 0 Å². The molecule has 0 saturated carbocycles. The molecule has 0 unspecified atom stereocenters. The van der Waals surface area contributed by atoms with E-state index in [1.165, 1.54) is 148 Å². The number of rotatable bonds is 43. The van der Waals surface area contributed by atoms with E-state index < -0.39 is 0 Å². The minimum absolute atomic E-state index is 0.128. The topological polar surface area (TPSA) is 80.3 Å². The first-order valence-corrected chi connectivity index (χ1v) is 22.5. The van der Waals surface area contributed by atoms with Gasteiger partial charge in [-0.25, -0.2) is 0 Å². The maximum atomic E-state index is 11.9. The van der Waals surface area contributed by atoms with E-state index in [0.717, 1.165) is 37.5 Å². The molecule has 0 amide bonds. The molecule has 0 spiro atoms. The van der Waals surface area contributed by atoms with Gasteiger partial charge in [0.1, 0.15) is 13.2 Å². The van der Waals surface area contributed by atoms with Gasteiger partial charge in [-0.2, -0.15) is 0 Å². The molecule has 7 heteroatoms. The fraction of sp³-hybridized carbons (Fsp3) is 0.956. The van der Waals surface area contributed by atoms with Gasteiger partial charge in [-0.15, -0.1) is 0 Å². The average Bonchev–Trinajstić information content (AvgIpc) is 3.11. The third kappa shape index (κ3) is 45.0. The summed E-state index contributed by atoms with van der Waals surface area (Å²) in [5.74, 6) is 1.44. The van der Waals surface area contributed by atoms with Crippen LogP contribution in [0.2, 0.25) is 0 Å². The molecule has 52 heavy (non-hydrogen) atoms. The average molecular weight is 741 g/mol. The molecule has 0 aromatic carbocycles. The van der Waals surface area contributed by atoms with Gasteiger partial charge in [-0.05, 0) is 24.7 Å². The first-order valence-electron chi connectivity index (χ1n) is 22.5. The van der Waals surface area contributed by atoms with E-state index in [1.54, 1.807) is 0 Å². The first kappa shape index (κ1) is 50.8. The second-order valence-electron chi connectivity index (χ2n) is 16.0. The van der Waals surface area contributed by atoms with Crippen molar-refractivity contribution >= 4 is 11.9 Å². The van der Waals surface area contributed by atoms with Crippen LogP contribution in [0.3, 0.4) is 0 Å². The predicted octanol–water partition coefficient (Wildman–Crippen LogP) is 12.7. The number of carbonyl (C=O) groups is 2. The summed E-state index contributed by atoms with van der Waals surface area (Å²) in [5, 5.41) is 0. The molecule has 0 aromatic heterocycles. The molecule has 0 aliphatic heterocycles. The standard InChI is InChI=1S/C45H88O7/c1-42(2)30-26-22-18-14-10-6-5-7-12-16-20-24-28-32-44(46)51-40-38-49-36-34-48-35-37-50-39-41-52-45(47)33-29-25-21-17-13-9-8-11-15-19-23-27-31-43(3)4/h42-43H,5-41H2,1-4H3. The van der Waals surface area contributed by atoms with Gasteiger partial charge in [0, 0.05) is 12.8 Å². The van der Waals surface area contributed by atoms with Crippen molar-refractivity contribution in [2.24, 2.45) is 11.8 Å². The Bertz CT molecular complexity index is 726. The zero-order valence-electron chi connectivity index (χ0n) is 35.2. The fourth-order valence-corrected chi connectivity index (χ4v) is 6.47. The normalized spacial score (nSPS) is 11.6. The maximum Gasteiger partial charge on any atom is 0.305 e. The smallest absolute Gasteiger partial charge is 0.305 e. The molecule has 7 nitrogen and oxygen atoms in total. The summed E-state index contributed by atoms with van der Waals surface area (Å²) in [6.45, 7) is 12.4. The Balaban J connectivity index is 3.23. The van der Waals surface area contributed by atoms with E-state index in [2.05, 4.69) is 27.7 Å². The number of esters is 2. The minimum atomic E-state index is -0.129. The van der Waals surface area contributed by atoms with Crippen molar-refractivity contribution < 1.29 is 33.3 Å². The zero-order chi connectivity index (χ0) is 38.0. The molecule has 0 aromatic rings. The Morgan fingerprint density at radius 1 is 0.308 bits per heavy atom. The molecule has 0 aliphatic rings. The largest absolute Gasteiger partial charge is 0.463 e. The van der Waals surface area contributed by atoms with E-state index in [-0.39, 0.29) is 25.2 Å². The molecular weight excluding hydrogens is 652 g/mol. The highest BCUT2D eigenvalue weighted by molar-refractivity contribution is 5.69. The molecule has 0 rings (SSSR count). The summed E-state index contributed by atoms with van der Waals surface area (Å²) in [5.41, 5.74) is 0. The quantitative estimate of drug-likeness (QED) is 0.0455. The van der Waals surface area contributed by atoms with Crippen molar-refractivity contribution in [3.05, 3.63) is 0 Å². The highest BCUT2D eigenvalue weighted by atomic mass is 16.6. The lowest BCUT2D eigenvalue weighted by molar-refractivity contribution is -0.146. The molecule has 0 aliphatic carbocycles. The lowest BCUT2D eigenvalue weighted by Gasteiger charge is -2.08. The van der Waals surface area contributed by atoms with Crippen LogP contribution in [-0.4, -0.2) is 64.8 Å². The van der Waals surface area contributed by atoms with Gasteiger partial charge in [-0.1, -0.05) is 188 Å². The number of carbonyl (C=O) groups excluding carboxylic acids is 2. The van der Waals surface area contributed by atoms with Crippen LogP contribution >= 0.6 is 0 Å². The van der Waals surface area contributed by atoms with Crippen LogP contribution in [0, 0.1) is 11.8 Å². The SMILES string of the molecule is CC(C)CCCCCCCCCCCCCCCC(=O)OCCOCCOCCOCCOC(=O)CCCCCCCCCCCCCCC(C)C. The lowest BCUT2D eigenvalue weighted by Crippen LogP contribution is -2.15. The Hall–Kier alpha value is -1.18. The summed E-state index contributed by atoms with van der Waals surface area (Å²) in [6, 6.07) is 0. The van der Waals surface area contributed by atoms with Crippen molar-refractivity contribution in [3.63, 3.8) is 0 Å². The van der Waals surface area contributed by atoms with Gasteiger partial charge in [-0.3, -0.25) is 9.59 Å². The predicted molar refractivity (Wildman–Crippen MR) is 218 cm³/mol. The zero-order valence-corrected chi connectivity index (χ0v) is 35.2. The molecular formula is C45H88O7. The van der Waals surface area contributed by atoms with Crippen LogP contribution in [0.15, 0.2) is 0 Å². The Morgan fingerprint density at radius 3 is 0.769 bits per heavy atom. The summed E-state index contributed by atoms with van der Waals surface area (Å²) in [6.07, 6.45) is 36.3.